The average Bonchev–Trinajstić information content (AvgIpc) is 2.88. The van der Waals surface area contributed by atoms with E-state index >= 15 is 0 Å². The van der Waals surface area contributed by atoms with Gasteiger partial charge in [-0.3, -0.25) is 0 Å². The lowest BCUT2D eigenvalue weighted by Gasteiger charge is -2.40. The lowest BCUT2D eigenvalue weighted by atomic mass is 9.91. The summed E-state index contributed by atoms with van der Waals surface area (Å²) in [6.45, 7) is 1.42. The summed E-state index contributed by atoms with van der Waals surface area (Å²) >= 11 is 6.21. The van der Waals surface area contributed by atoms with Gasteiger partial charge in [-0.2, -0.15) is 13.2 Å². The molecule has 0 spiro atoms. The molecule has 0 amide bonds. The van der Waals surface area contributed by atoms with Crippen LogP contribution in [0.4, 0.5) is 18.9 Å². The van der Waals surface area contributed by atoms with Gasteiger partial charge in [-0.15, -0.1) is 0 Å². The molecule has 0 bridgehead atoms. The van der Waals surface area contributed by atoms with Gasteiger partial charge in [0.25, 0.3) is 0 Å². The molecular weight excluding hydrogens is 503 g/mol. The number of nitrogens with zero attached hydrogens (tertiary/aromatic N) is 1. The molecular formula is C29H31ClF3NO3. The van der Waals surface area contributed by atoms with Crippen molar-refractivity contribution < 1.29 is 27.8 Å². The van der Waals surface area contributed by atoms with E-state index in [1.807, 2.05) is 43.3 Å². The minimum Gasteiger partial charge on any atom is -0.490 e. The van der Waals surface area contributed by atoms with Gasteiger partial charge in [0, 0.05) is 29.2 Å². The molecule has 3 aromatic carbocycles. The number of aryl methyl sites for hydroxylation is 1. The third-order valence-electron chi connectivity index (χ3n) is 6.62. The number of halogens is 4. The molecule has 1 fully saturated rings. The average molecular weight is 534 g/mol. The Morgan fingerprint density at radius 3 is 2.43 bits per heavy atom. The maximum absolute atomic E-state index is 13.4. The lowest BCUT2D eigenvalue weighted by Crippen LogP contribution is -2.48. The number of para-hydroxylation sites is 1. The highest BCUT2D eigenvalue weighted by Gasteiger charge is 2.41. The molecule has 1 N–H and O–H groups in total. The zero-order valence-corrected chi connectivity index (χ0v) is 21.4. The number of benzene rings is 3. The van der Waals surface area contributed by atoms with Crippen LogP contribution < -0.4 is 14.4 Å². The molecule has 3 atom stereocenters. The zero-order chi connectivity index (χ0) is 26.4. The summed E-state index contributed by atoms with van der Waals surface area (Å²) < 4.78 is 52.3. The van der Waals surface area contributed by atoms with Crippen LogP contribution in [0.2, 0.25) is 5.02 Å². The second kappa shape index (κ2) is 12.1. The van der Waals surface area contributed by atoms with Gasteiger partial charge in [-0.25, -0.2) is 0 Å². The number of hydrogen-bond acceptors (Lipinski definition) is 4. The van der Waals surface area contributed by atoms with Gasteiger partial charge in [0.1, 0.15) is 23.4 Å². The Balaban J connectivity index is 1.57. The van der Waals surface area contributed by atoms with Crippen LogP contribution in [0.5, 0.6) is 17.2 Å². The van der Waals surface area contributed by atoms with Crippen molar-refractivity contribution in [3.63, 3.8) is 0 Å². The predicted molar refractivity (Wildman–Crippen MR) is 140 cm³/mol. The van der Waals surface area contributed by atoms with Crippen LogP contribution in [-0.4, -0.2) is 36.1 Å². The maximum Gasteiger partial charge on any atom is 0.416 e. The van der Waals surface area contributed by atoms with E-state index in [1.54, 1.807) is 41.3 Å². The smallest absolute Gasteiger partial charge is 0.416 e. The Bertz CT molecular complexity index is 1160. The fourth-order valence-electron chi connectivity index (χ4n) is 4.70. The summed E-state index contributed by atoms with van der Waals surface area (Å²) in [5.41, 5.74) is 1.49. The van der Waals surface area contributed by atoms with Crippen molar-refractivity contribution in [1.82, 2.24) is 0 Å². The Morgan fingerprint density at radius 1 is 0.973 bits per heavy atom. The SMILES string of the molecule is CCc1cc(Oc2cccc(N(CC(O)C(F)(F)F)C3CCCC(Oc4ccccc4)C3)c2)ccc1Cl. The fraction of sp³-hybridized carbons (Fsp3) is 0.379. The van der Waals surface area contributed by atoms with Crippen molar-refractivity contribution in [3.8, 4) is 17.2 Å². The Morgan fingerprint density at radius 2 is 1.70 bits per heavy atom. The molecule has 0 radical (unpaired) electrons. The monoisotopic (exact) mass is 533 g/mol. The highest BCUT2D eigenvalue weighted by molar-refractivity contribution is 6.31. The number of hydrogen-bond donors (Lipinski definition) is 1. The van der Waals surface area contributed by atoms with Gasteiger partial charge in [0.05, 0.1) is 6.54 Å². The van der Waals surface area contributed by atoms with E-state index in [-0.39, 0.29) is 12.1 Å². The first-order chi connectivity index (χ1) is 17.7. The molecule has 0 aromatic heterocycles. The molecule has 198 valence electrons. The highest BCUT2D eigenvalue weighted by atomic mass is 35.5. The number of ether oxygens (including phenoxy) is 2. The third-order valence-corrected chi connectivity index (χ3v) is 6.98. The van der Waals surface area contributed by atoms with Crippen LogP contribution in [-0.2, 0) is 6.42 Å². The van der Waals surface area contributed by atoms with Crippen LogP contribution in [0, 0.1) is 0 Å². The second-order valence-electron chi connectivity index (χ2n) is 9.29. The molecule has 8 heteroatoms. The van der Waals surface area contributed by atoms with E-state index in [2.05, 4.69) is 0 Å². The molecule has 1 saturated carbocycles. The molecule has 1 aliphatic carbocycles. The lowest BCUT2D eigenvalue weighted by molar-refractivity contribution is -0.200. The Labute approximate surface area is 220 Å². The fourth-order valence-corrected chi connectivity index (χ4v) is 4.96. The summed E-state index contributed by atoms with van der Waals surface area (Å²) in [7, 11) is 0. The number of anilines is 1. The van der Waals surface area contributed by atoms with Crippen molar-refractivity contribution >= 4 is 17.3 Å². The molecule has 37 heavy (non-hydrogen) atoms. The predicted octanol–water partition coefficient (Wildman–Crippen LogP) is 7.81. The first-order valence-electron chi connectivity index (χ1n) is 12.5. The summed E-state index contributed by atoms with van der Waals surface area (Å²) in [6.07, 6.45) is -3.72. The van der Waals surface area contributed by atoms with Gasteiger partial charge in [0.2, 0.25) is 0 Å². The van der Waals surface area contributed by atoms with Crippen LogP contribution in [0.3, 0.4) is 0 Å². The van der Waals surface area contributed by atoms with Crippen molar-refractivity contribution in [3.05, 3.63) is 83.4 Å². The van der Waals surface area contributed by atoms with Crippen molar-refractivity contribution in [2.75, 3.05) is 11.4 Å². The number of aliphatic hydroxyl groups excluding tert-OH is 1. The van der Waals surface area contributed by atoms with E-state index in [9.17, 15) is 18.3 Å². The van der Waals surface area contributed by atoms with Crippen LogP contribution in [0.1, 0.15) is 38.2 Å². The van der Waals surface area contributed by atoms with Gasteiger partial charge in [-0.1, -0.05) is 42.8 Å². The summed E-state index contributed by atoms with van der Waals surface area (Å²) in [4.78, 5) is 1.64. The first kappa shape index (κ1) is 27.1. The van der Waals surface area contributed by atoms with E-state index in [0.717, 1.165) is 30.6 Å². The molecule has 4 nitrogen and oxygen atoms in total. The summed E-state index contributed by atoms with van der Waals surface area (Å²) in [5.74, 6) is 1.82. The number of rotatable bonds is 9. The number of alkyl halides is 3. The number of aliphatic hydroxyl groups is 1. The standard InChI is InChI=1S/C29H31ClF3NO3/c1-2-20-16-26(14-15-27(20)30)37-25-13-7-9-22(18-25)34(19-28(35)29(31,32)33)21-8-6-12-24(17-21)36-23-10-4-3-5-11-23/h3-5,7,9-11,13-16,18,21,24,28,35H,2,6,8,12,17,19H2,1H3. The minimum absolute atomic E-state index is 0.132. The minimum atomic E-state index is -4.72. The second-order valence-corrected chi connectivity index (χ2v) is 9.70. The van der Waals surface area contributed by atoms with Crippen molar-refractivity contribution in [2.45, 2.75) is 63.5 Å². The normalized spacial score (nSPS) is 18.8. The third kappa shape index (κ3) is 7.33. The van der Waals surface area contributed by atoms with E-state index in [0.29, 0.717) is 35.1 Å². The van der Waals surface area contributed by atoms with Crippen LogP contribution in [0.25, 0.3) is 0 Å². The van der Waals surface area contributed by atoms with Gasteiger partial charge < -0.3 is 19.5 Å². The van der Waals surface area contributed by atoms with Crippen molar-refractivity contribution in [1.29, 1.82) is 0 Å². The zero-order valence-electron chi connectivity index (χ0n) is 20.6. The quantitative estimate of drug-likeness (QED) is 0.304. The van der Waals surface area contributed by atoms with Gasteiger partial charge in [0.15, 0.2) is 6.10 Å². The van der Waals surface area contributed by atoms with E-state index in [1.165, 1.54) is 0 Å². The van der Waals surface area contributed by atoms with E-state index in [4.69, 9.17) is 21.1 Å². The highest BCUT2D eigenvalue weighted by Crippen LogP contribution is 2.35. The Kier molecular flexibility index (Phi) is 8.87. The summed E-state index contributed by atoms with van der Waals surface area (Å²) in [6, 6.07) is 21.5. The van der Waals surface area contributed by atoms with Crippen LogP contribution >= 0.6 is 11.6 Å². The molecule has 3 aromatic rings. The maximum atomic E-state index is 13.4. The molecule has 0 aliphatic heterocycles. The summed E-state index contributed by atoms with van der Waals surface area (Å²) in [5, 5.41) is 10.6. The first-order valence-corrected chi connectivity index (χ1v) is 12.9. The van der Waals surface area contributed by atoms with Crippen molar-refractivity contribution in [2.24, 2.45) is 0 Å². The molecule has 0 heterocycles. The van der Waals surface area contributed by atoms with Gasteiger partial charge >= 0.3 is 6.18 Å². The largest absolute Gasteiger partial charge is 0.490 e. The molecule has 3 unspecified atom stereocenters. The van der Waals surface area contributed by atoms with Crippen LogP contribution in [0.15, 0.2) is 72.8 Å². The topological polar surface area (TPSA) is 41.9 Å². The molecule has 4 rings (SSSR count). The Hall–Kier alpha value is -2.90. The molecule has 1 aliphatic rings. The van der Waals surface area contributed by atoms with Gasteiger partial charge in [-0.05, 0) is 73.7 Å². The molecule has 0 saturated heterocycles. The van der Waals surface area contributed by atoms with E-state index < -0.39 is 18.8 Å².